The van der Waals surface area contributed by atoms with Gasteiger partial charge in [0.05, 0.1) is 23.6 Å². The van der Waals surface area contributed by atoms with Crippen LogP contribution in [0.25, 0.3) is 6.08 Å². The zero-order chi connectivity index (χ0) is 35.2. The van der Waals surface area contributed by atoms with E-state index in [4.69, 9.17) is 4.74 Å². The molecule has 50 heavy (non-hydrogen) atoms. The third kappa shape index (κ3) is 7.25. The van der Waals surface area contributed by atoms with E-state index in [2.05, 4.69) is 16.0 Å². The number of para-hydroxylation sites is 1. The summed E-state index contributed by atoms with van der Waals surface area (Å²) >= 11 is 1.25. The zero-order valence-electron chi connectivity index (χ0n) is 27.1. The molecule has 10 heteroatoms. The largest absolute Gasteiger partial charge is 0.496 e. The van der Waals surface area contributed by atoms with Gasteiger partial charge in [-0.05, 0) is 55.5 Å². The molecule has 0 spiro atoms. The maximum Gasteiger partial charge on any atom is 0.272 e. The Hall–Kier alpha value is -6.26. The zero-order valence-corrected chi connectivity index (χ0v) is 27.9. The fourth-order valence-corrected chi connectivity index (χ4v) is 6.40. The van der Waals surface area contributed by atoms with Crippen LogP contribution >= 0.6 is 11.8 Å². The topological polar surface area (TPSA) is 131 Å². The summed E-state index contributed by atoms with van der Waals surface area (Å²) in [6.07, 6.45) is 1.54. The number of benzene rings is 5. The summed E-state index contributed by atoms with van der Waals surface area (Å²) in [7, 11) is 1.52. The molecule has 5 aromatic rings. The highest BCUT2D eigenvalue weighted by atomic mass is 32.2. The van der Waals surface area contributed by atoms with Crippen molar-refractivity contribution < 1.29 is 28.7 Å². The van der Waals surface area contributed by atoms with E-state index in [1.165, 1.54) is 18.9 Å². The van der Waals surface area contributed by atoms with Crippen LogP contribution < -0.4 is 20.7 Å². The van der Waals surface area contributed by atoms with Gasteiger partial charge in [0.25, 0.3) is 11.8 Å². The molecule has 9 nitrogen and oxygen atoms in total. The maximum atomic E-state index is 13.6. The number of hydrogen-bond donors (Lipinski definition) is 3. The van der Waals surface area contributed by atoms with Crippen LogP contribution in [0.15, 0.2) is 132 Å². The average molecular weight is 682 g/mol. The van der Waals surface area contributed by atoms with Crippen molar-refractivity contribution >= 4 is 58.5 Å². The fraction of sp³-hybridized carbons (Fsp3) is 0.0750. The first-order valence-corrected chi connectivity index (χ1v) is 16.5. The SMILES string of the molecule is COc1ccccc1/C=C(/NC(=O)c1ccccc1)C(=O)Nc1cccc(SC(C)C(=O)Nc2cccc3c2C(=O)c2ccccc2C3=O)c1. The predicted octanol–water partition coefficient (Wildman–Crippen LogP) is 7.00. The molecule has 3 N–H and O–H groups in total. The van der Waals surface area contributed by atoms with Crippen molar-refractivity contribution in [2.75, 3.05) is 17.7 Å². The van der Waals surface area contributed by atoms with Crippen molar-refractivity contribution in [1.82, 2.24) is 5.32 Å². The van der Waals surface area contributed by atoms with Crippen LogP contribution in [-0.2, 0) is 9.59 Å². The van der Waals surface area contributed by atoms with Crippen LogP contribution in [0.1, 0.15) is 54.7 Å². The fourth-order valence-electron chi connectivity index (χ4n) is 5.47. The van der Waals surface area contributed by atoms with Crippen molar-refractivity contribution in [3.05, 3.63) is 160 Å². The normalized spacial score (nSPS) is 12.6. The van der Waals surface area contributed by atoms with Crippen LogP contribution in [0.5, 0.6) is 5.75 Å². The maximum absolute atomic E-state index is 13.6. The minimum Gasteiger partial charge on any atom is -0.496 e. The molecule has 0 aromatic heterocycles. The van der Waals surface area contributed by atoms with E-state index in [1.807, 2.05) is 0 Å². The van der Waals surface area contributed by atoms with Crippen molar-refractivity contribution in [3.8, 4) is 5.75 Å². The van der Waals surface area contributed by atoms with Crippen LogP contribution in [0.4, 0.5) is 11.4 Å². The van der Waals surface area contributed by atoms with Gasteiger partial charge in [0, 0.05) is 38.4 Å². The second kappa shape index (κ2) is 14.9. The highest BCUT2D eigenvalue weighted by molar-refractivity contribution is 8.00. The third-order valence-electron chi connectivity index (χ3n) is 7.95. The monoisotopic (exact) mass is 681 g/mol. The van der Waals surface area contributed by atoms with Crippen molar-refractivity contribution in [2.24, 2.45) is 0 Å². The van der Waals surface area contributed by atoms with Gasteiger partial charge in [-0.15, -0.1) is 11.8 Å². The number of methoxy groups -OCH3 is 1. The number of rotatable bonds is 10. The van der Waals surface area contributed by atoms with E-state index in [9.17, 15) is 24.0 Å². The molecule has 1 aliphatic carbocycles. The predicted molar refractivity (Wildman–Crippen MR) is 194 cm³/mol. The number of anilines is 2. The lowest BCUT2D eigenvalue weighted by molar-refractivity contribution is -0.115. The standard InChI is InChI=1S/C40H31N3O6S/c1-24(38(46)42-32-20-11-19-31-35(32)37(45)30-18-8-7-17-29(30)36(31)44)50-28-16-10-15-27(23-28)41-40(48)33(22-26-14-6-9-21-34(26)49-2)43-39(47)25-12-4-3-5-13-25/h3-24H,1-2H3,(H,41,48)(H,42,46)(H,43,47)/b33-22+. The van der Waals surface area contributed by atoms with Gasteiger partial charge < -0.3 is 20.7 Å². The average Bonchev–Trinajstić information content (AvgIpc) is 3.14. The molecular weight excluding hydrogens is 651 g/mol. The molecule has 0 heterocycles. The van der Waals surface area contributed by atoms with E-state index in [-0.39, 0.29) is 40.0 Å². The number of ether oxygens (including phenoxy) is 1. The minimum absolute atomic E-state index is 0.00370. The first kappa shape index (κ1) is 33.6. The number of fused-ring (bicyclic) bond motifs is 2. The Balaban J connectivity index is 1.17. The molecule has 0 radical (unpaired) electrons. The van der Waals surface area contributed by atoms with E-state index >= 15 is 0 Å². The molecule has 0 saturated carbocycles. The lowest BCUT2D eigenvalue weighted by Gasteiger charge is -2.21. The lowest BCUT2D eigenvalue weighted by atomic mass is 9.83. The van der Waals surface area contributed by atoms with Gasteiger partial charge in [0.2, 0.25) is 5.91 Å². The Bertz CT molecular complexity index is 2180. The van der Waals surface area contributed by atoms with Crippen molar-refractivity contribution in [1.29, 1.82) is 0 Å². The van der Waals surface area contributed by atoms with Gasteiger partial charge >= 0.3 is 0 Å². The molecule has 0 saturated heterocycles. The van der Waals surface area contributed by atoms with Gasteiger partial charge in [-0.25, -0.2) is 0 Å². The van der Waals surface area contributed by atoms with Crippen molar-refractivity contribution in [3.63, 3.8) is 0 Å². The number of carbonyl (C=O) groups is 5. The molecule has 5 aromatic carbocycles. The summed E-state index contributed by atoms with van der Waals surface area (Å²) in [5.41, 5.74) is 2.72. The molecule has 248 valence electrons. The van der Waals surface area contributed by atoms with Gasteiger partial charge in [-0.3, -0.25) is 24.0 Å². The Kier molecular flexibility index (Phi) is 10.0. The van der Waals surface area contributed by atoms with Gasteiger partial charge in [-0.2, -0.15) is 0 Å². The first-order valence-electron chi connectivity index (χ1n) is 15.6. The Labute approximate surface area is 292 Å². The third-order valence-corrected chi connectivity index (χ3v) is 9.05. The molecule has 0 bridgehead atoms. The van der Waals surface area contributed by atoms with Crippen molar-refractivity contribution in [2.45, 2.75) is 17.1 Å². The number of hydrogen-bond acceptors (Lipinski definition) is 7. The van der Waals surface area contributed by atoms with Gasteiger partial charge in [0.1, 0.15) is 11.4 Å². The number of carbonyl (C=O) groups excluding carboxylic acids is 5. The first-order chi connectivity index (χ1) is 24.2. The molecule has 6 rings (SSSR count). The van der Waals surface area contributed by atoms with Gasteiger partial charge in [-0.1, -0.05) is 78.9 Å². The summed E-state index contributed by atoms with van der Waals surface area (Å²) in [5.74, 6) is -1.47. The van der Waals surface area contributed by atoms with E-state index < -0.39 is 17.1 Å². The highest BCUT2D eigenvalue weighted by Gasteiger charge is 2.32. The Morgan fingerprint density at radius 3 is 2.14 bits per heavy atom. The number of thioether (sulfide) groups is 1. The Morgan fingerprint density at radius 2 is 1.38 bits per heavy atom. The van der Waals surface area contributed by atoms with Gasteiger partial charge in [0.15, 0.2) is 11.6 Å². The Morgan fingerprint density at radius 1 is 0.720 bits per heavy atom. The van der Waals surface area contributed by atoms with E-state index in [0.29, 0.717) is 38.6 Å². The lowest BCUT2D eigenvalue weighted by Crippen LogP contribution is -2.30. The second-order valence-electron chi connectivity index (χ2n) is 11.3. The molecule has 0 fully saturated rings. The van der Waals surface area contributed by atoms with Crippen LogP contribution in [0, 0.1) is 0 Å². The minimum atomic E-state index is -0.621. The number of amides is 3. The second-order valence-corrected chi connectivity index (χ2v) is 12.7. The molecule has 0 aliphatic heterocycles. The molecule has 1 atom stereocenters. The summed E-state index contributed by atoms with van der Waals surface area (Å²) < 4.78 is 5.44. The molecular formula is C40H31N3O6S. The smallest absolute Gasteiger partial charge is 0.272 e. The quantitative estimate of drug-likeness (QED) is 0.105. The van der Waals surface area contributed by atoms with E-state index in [0.717, 1.165) is 0 Å². The number of nitrogens with one attached hydrogen (secondary N) is 3. The number of ketones is 2. The summed E-state index contributed by atoms with van der Waals surface area (Å²) in [5, 5.41) is 7.78. The summed E-state index contributed by atoms with van der Waals surface area (Å²) in [4.78, 5) is 67.2. The molecule has 1 aliphatic rings. The highest BCUT2D eigenvalue weighted by Crippen LogP contribution is 2.33. The van der Waals surface area contributed by atoms with Crippen LogP contribution in [0.2, 0.25) is 0 Å². The molecule has 1 unspecified atom stereocenters. The van der Waals surface area contributed by atoms with Crippen LogP contribution in [-0.4, -0.2) is 41.6 Å². The summed E-state index contributed by atoms with van der Waals surface area (Å²) in [6, 6.07) is 34.1. The molecule has 3 amide bonds. The van der Waals surface area contributed by atoms with Crippen LogP contribution in [0.3, 0.4) is 0 Å². The summed E-state index contributed by atoms with van der Waals surface area (Å²) in [6.45, 7) is 1.72. The van der Waals surface area contributed by atoms with E-state index in [1.54, 1.807) is 134 Å².